The second-order valence-corrected chi connectivity index (χ2v) is 5.57. The molecular weight excluding hydrogens is 278 g/mol. The lowest BCUT2D eigenvalue weighted by atomic mass is 9.95. The van der Waals surface area contributed by atoms with Crippen molar-refractivity contribution in [3.05, 3.63) is 28.7 Å². The number of rotatable bonds is 5. The standard InChI is InChI=1S/C14H20BrNO/c15-13-5-7-14(8-6-13)17-10-2-4-12-3-1-9-16-11-12/h5-8,12,16H,1-4,9-11H2. The van der Waals surface area contributed by atoms with Crippen molar-refractivity contribution in [2.75, 3.05) is 19.7 Å². The van der Waals surface area contributed by atoms with E-state index in [2.05, 4.69) is 21.2 Å². The van der Waals surface area contributed by atoms with Gasteiger partial charge in [0.05, 0.1) is 6.61 Å². The Balaban J connectivity index is 1.60. The van der Waals surface area contributed by atoms with Crippen molar-refractivity contribution in [2.45, 2.75) is 25.7 Å². The Labute approximate surface area is 112 Å². The molecule has 1 aromatic carbocycles. The maximum Gasteiger partial charge on any atom is 0.119 e. The Bertz CT molecular complexity index is 319. The van der Waals surface area contributed by atoms with Gasteiger partial charge in [-0.15, -0.1) is 0 Å². The van der Waals surface area contributed by atoms with Gasteiger partial charge in [0.15, 0.2) is 0 Å². The van der Waals surface area contributed by atoms with E-state index in [1.807, 2.05) is 24.3 Å². The molecule has 1 aromatic rings. The molecule has 0 bridgehead atoms. The molecule has 0 spiro atoms. The molecule has 1 N–H and O–H groups in total. The van der Waals surface area contributed by atoms with Crippen molar-refractivity contribution in [2.24, 2.45) is 5.92 Å². The molecule has 17 heavy (non-hydrogen) atoms. The van der Waals surface area contributed by atoms with Crippen molar-refractivity contribution in [3.63, 3.8) is 0 Å². The van der Waals surface area contributed by atoms with Crippen LogP contribution in [0.4, 0.5) is 0 Å². The first-order valence-corrected chi connectivity index (χ1v) is 7.23. The van der Waals surface area contributed by atoms with Crippen molar-refractivity contribution < 1.29 is 4.74 Å². The highest BCUT2D eigenvalue weighted by molar-refractivity contribution is 9.10. The Morgan fingerprint density at radius 3 is 2.82 bits per heavy atom. The zero-order valence-corrected chi connectivity index (χ0v) is 11.7. The van der Waals surface area contributed by atoms with E-state index in [-0.39, 0.29) is 0 Å². The molecule has 0 aromatic heterocycles. The summed E-state index contributed by atoms with van der Waals surface area (Å²) < 4.78 is 6.81. The monoisotopic (exact) mass is 297 g/mol. The van der Waals surface area contributed by atoms with Crippen molar-refractivity contribution in [3.8, 4) is 5.75 Å². The van der Waals surface area contributed by atoms with Crippen LogP contribution in [0, 0.1) is 5.92 Å². The van der Waals surface area contributed by atoms with Crippen molar-refractivity contribution in [1.82, 2.24) is 5.32 Å². The van der Waals surface area contributed by atoms with Crippen LogP contribution in [0.3, 0.4) is 0 Å². The van der Waals surface area contributed by atoms with Crippen molar-refractivity contribution >= 4 is 15.9 Å². The first-order chi connectivity index (χ1) is 8.34. The van der Waals surface area contributed by atoms with E-state index in [1.54, 1.807) is 0 Å². The summed E-state index contributed by atoms with van der Waals surface area (Å²) in [5.74, 6) is 1.83. The molecule has 94 valence electrons. The number of halogens is 1. The molecule has 2 rings (SSSR count). The van der Waals surface area contributed by atoms with E-state index >= 15 is 0 Å². The Morgan fingerprint density at radius 1 is 1.29 bits per heavy atom. The highest BCUT2D eigenvalue weighted by atomic mass is 79.9. The summed E-state index contributed by atoms with van der Waals surface area (Å²) in [5, 5.41) is 3.45. The van der Waals surface area contributed by atoms with Crippen LogP contribution in [0.25, 0.3) is 0 Å². The summed E-state index contributed by atoms with van der Waals surface area (Å²) in [6.07, 6.45) is 5.15. The molecule has 0 amide bonds. The summed E-state index contributed by atoms with van der Waals surface area (Å²) in [6.45, 7) is 3.22. The second kappa shape index (κ2) is 7.02. The molecule has 0 saturated carbocycles. The largest absolute Gasteiger partial charge is 0.494 e. The van der Waals surface area contributed by atoms with E-state index < -0.39 is 0 Å². The molecule has 1 unspecified atom stereocenters. The van der Waals surface area contributed by atoms with Crippen LogP contribution in [-0.2, 0) is 0 Å². The van der Waals surface area contributed by atoms with Crippen LogP contribution in [0.15, 0.2) is 28.7 Å². The summed E-state index contributed by atoms with van der Waals surface area (Å²) in [6, 6.07) is 8.04. The molecule has 0 radical (unpaired) electrons. The lowest BCUT2D eigenvalue weighted by Crippen LogP contribution is -2.29. The van der Waals surface area contributed by atoms with E-state index in [4.69, 9.17) is 4.74 Å². The lowest BCUT2D eigenvalue weighted by molar-refractivity contribution is 0.275. The fourth-order valence-corrected chi connectivity index (χ4v) is 2.53. The van der Waals surface area contributed by atoms with E-state index in [0.717, 1.165) is 29.2 Å². The molecule has 1 atom stereocenters. The van der Waals surface area contributed by atoms with Crippen LogP contribution in [0.1, 0.15) is 25.7 Å². The molecule has 1 aliphatic heterocycles. The summed E-state index contributed by atoms with van der Waals surface area (Å²) in [5.41, 5.74) is 0. The van der Waals surface area contributed by atoms with Crippen LogP contribution >= 0.6 is 15.9 Å². The second-order valence-electron chi connectivity index (χ2n) is 4.66. The summed E-state index contributed by atoms with van der Waals surface area (Å²) in [7, 11) is 0. The minimum absolute atomic E-state index is 0.831. The lowest BCUT2D eigenvalue weighted by Gasteiger charge is -2.22. The maximum absolute atomic E-state index is 5.71. The third-order valence-electron chi connectivity index (χ3n) is 3.24. The number of hydrogen-bond donors (Lipinski definition) is 1. The third-order valence-corrected chi connectivity index (χ3v) is 3.77. The molecular formula is C14H20BrNO. The minimum Gasteiger partial charge on any atom is -0.494 e. The number of nitrogens with one attached hydrogen (secondary N) is 1. The SMILES string of the molecule is Brc1ccc(OCCCC2CCCNC2)cc1. The smallest absolute Gasteiger partial charge is 0.119 e. The number of hydrogen-bond acceptors (Lipinski definition) is 2. The first-order valence-electron chi connectivity index (χ1n) is 6.44. The number of ether oxygens (including phenoxy) is 1. The van der Waals surface area contributed by atoms with Gasteiger partial charge in [-0.05, 0) is 69.0 Å². The van der Waals surface area contributed by atoms with Gasteiger partial charge in [-0.25, -0.2) is 0 Å². The van der Waals surface area contributed by atoms with E-state index in [0.29, 0.717) is 0 Å². The van der Waals surface area contributed by atoms with Gasteiger partial charge in [0.25, 0.3) is 0 Å². The highest BCUT2D eigenvalue weighted by Crippen LogP contribution is 2.18. The van der Waals surface area contributed by atoms with Gasteiger partial charge in [-0.3, -0.25) is 0 Å². The Morgan fingerprint density at radius 2 is 2.12 bits per heavy atom. The minimum atomic E-state index is 0.831. The van der Waals surface area contributed by atoms with Gasteiger partial charge < -0.3 is 10.1 Å². The predicted molar refractivity (Wildman–Crippen MR) is 74.5 cm³/mol. The van der Waals surface area contributed by atoms with Gasteiger partial charge in [0.2, 0.25) is 0 Å². The molecule has 1 heterocycles. The van der Waals surface area contributed by atoms with Crippen LogP contribution in [0.5, 0.6) is 5.75 Å². The van der Waals surface area contributed by atoms with Crippen LogP contribution in [0.2, 0.25) is 0 Å². The maximum atomic E-state index is 5.71. The average molecular weight is 298 g/mol. The van der Waals surface area contributed by atoms with E-state index in [9.17, 15) is 0 Å². The molecule has 0 aliphatic carbocycles. The normalized spacial score (nSPS) is 20.2. The molecule has 3 heteroatoms. The fraction of sp³-hybridized carbons (Fsp3) is 0.571. The van der Waals surface area contributed by atoms with Gasteiger partial charge in [0.1, 0.15) is 5.75 Å². The van der Waals surface area contributed by atoms with Gasteiger partial charge in [-0.2, -0.15) is 0 Å². The van der Waals surface area contributed by atoms with Gasteiger partial charge in [-0.1, -0.05) is 15.9 Å². The topological polar surface area (TPSA) is 21.3 Å². The number of piperidine rings is 1. The van der Waals surface area contributed by atoms with E-state index in [1.165, 1.54) is 32.4 Å². The quantitative estimate of drug-likeness (QED) is 0.839. The Hall–Kier alpha value is -0.540. The zero-order chi connectivity index (χ0) is 11.9. The first kappa shape index (κ1) is 12.9. The fourth-order valence-electron chi connectivity index (χ4n) is 2.26. The van der Waals surface area contributed by atoms with Gasteiger partial charge in [0, 0.05) is 4.47 Å². The van der Waals surface area contributed by atoms with Crippen LogP contribution in [-0.4, -0.2) is 19.7 Å². The Kier molecular flexibility index (Phi) is 5.33. The molecule has 1 aliphatic rings. The highest BCUT2D eigenvalue weighted by Gasteiger charge is 2.11. The average Bonchev–Trinajstić information content (AvgIpc) is 2.38. The molecule has 1 saturated heterocycles. The van der Waals surface area contributed by atoms with Crippen LogP contribution < -0.4 is 10.1 Å². The number of benzene rings is 1. The van der Waals surface area contributed by atoms with Gasteiger partial charge >= 0.3 is 0 Å². The summed E-state index contributed by atoms with van der Waals surface area (Å²) in [4.78, 5) is 0. The molecule has 2 nitrogen and oxygen atoms in total. The van der Waals surface area contributed by atoms with Crippen molar-refractivity contribution in [1.29, 1.82) is 0 Å². The molecule has 1 fully saturated rings. The summed E-state index contributed by atoms with van der Waals surface area (Å²) >= 11 is 3.42. The predicted octanol–water partition coefficient (Wildman–Crippen LogP) is 3.61. The zero-order valence-electron chi connectivity index (χ0n) is 10.1. The third kappa shape index (κ3) is 4.68.